The lowest BCUT2D eigenvalue weighted by Crippen LogP contribution is -2.13. The van der Waals surface area contributed by atoms with Gasteiger partial charge in [0.1, 0.15) is 0 Å². The molecule has 15 heavy (non-hydrogen) atoms. The van der Waals surface area contributed by atoms with Crippen LogP contribution in [0.15, 0.2) is 12.1 Å². The molecule has 0 fully saturated rings. The first-order chi connectivity index (χ1) is 7.08. The number of aliphatic hydroxyl groups excluding tert-OH is 1. The van der Waals surface area contributed by atoms with Gasteiger partial charge in [0.15, 0.2) is 5.69 Å². The van der Waals surface area contributed by atoms with Crippen LogP contribution in [0.4, 0.5) is 5.69 Å². The number of rotatable bonds is 3. The highest BCUT2D eigenvalue weighted by Gasteiger charge is 2.11. The van der Waals surface area contributed by atoms with Crippen LogP contribution >= 0.6 is 0 Å². The van der Waals surface area contributed by atoms with Gasteiger partial charge in [-0.2, -0.15) is 0 Å². The van der Waals surface area contributed by atoms with Crippen molar-refractivity contribution in [2.75, 3.05) is 26.1 Å². The average Bonchev–Trinajstić information content (AvgIpc) is 2.27. The van der Waals surface area contributed by atoms with Crippen molar-refractivity contribution in [2.24, 2.45) is 0 Å². The van der Waals surface area contributed by atoms with E-state index in [1.807, 2.05) is 19.0 Å². The number of hydrogen-bond acceptors (Lipinski definition) is 5. The topological polar surface area (TPSA) is 62.7 Å². The van der Waals surface area contributed by atoms with E-state index in [-0.39, 0.29) is 12.3 Å². The molecule has 82 valence electrons. The normalized spacial score (nSPS) is 9.87. The highest BCUT2D eigenvalue weighted by atomic mass is 16.5. The van der Waals surface area contributed by atoms with Crippen molar-refractivity contribution in [1.82, 2.24) is 4.98 Å². The minimum absolute atomic E-state index is 0.202. The van der Waals surface area contributed by atoms with Gasteiger partial charge in [-0.1, -0.05) is 0 Å². The zero-order valence-corrected chi connectivity index (χ0v) is 9.02. The molecule has 5 heteroatoms. The van der Waals surface area contributed by atoms with E-state index >= 15 is 0 Å². The van der Waals surface area contributed by atoms with Crippen molar-refractivity contribution in [2.45, 2.75) is 6.61 Å². The quantitative estimate of drug-likeness (QED) is 0.733. The molecule has 0 radical (unpaired) electrons. The molecule has 0 bridgehead atoms. The van der Waals surface area contributed by atoms with E-state index in [4.69, 9.17) is 5.11 Å². The highest BCUT2D eigenvalue weighted by Crippen LogP contribution is 2.15. The Kier molecular flexibility index (Phi) is 3.62. The molecule has 0 aliphatic heterocycles. The minimum atomic E-state index is -0.506. The number of pyridine rings is 1. The summed E-state index contributed by atoms with van der Waals surface area (Å²) in [6, 6.07) is 3.33. The van der Waals surface area contributed by atoms with Crippen molar-refractivity contribution < 1.29 is 14.6 Å². The second-order valence-corrected chi connectivity index (χ2v) is 3.25. The Morgan fingerprint density at radius 1 is 1.53 bits per heavy atom. The number of ether oxygens (including phenoxy) is 1. The van der Waals surface area contributed by atoms with Gasteiger partial charge in [-0.05, 0) is 12.1 Å². The van der Waals surface area contributed by atoms with Gasteiger partial charge in [-0.25, -0.2) is 9.78 Å². The number of anilines is 1. The number of aliphatic hydroxyl groups is 1. The van der Waals surface area contributed by atoms with Gasteiger partial charge in [0, 0.05) is 19.8 Å². The van der Waals surface area contributed by atoms with Gasteiger partial charge in [0.05, 0.1) is 19.4 Å². The number of hydrogen-bond donors (Lipinski definition) is 1. The molecular formula is C10H14N2O3. The minimum Gasteiger partial charge on any atom is -0.464 e. The van der Waals surface area contributed by atoms with Gasteiger partial charge in [0.2, 0.25) is 0 Å². The Hall–Kier alpha value is -1.62. The van der Waals surface area contributed by atoms with Crippen molar-refractivity contribution in [3.63, 3.8) is 0 Å². The average molecular weight is 210 g/mol. The molecular weight excluding hydrogens is 196 g/mol. The fraction of sp³-hybridized carbons (Fsp3) is 0.400. The van der Waals surface area contributed by atoms with E-state index in [9.17, 15) is 4.79 Å². The van der Waals surface area contributed by atoms with Crippen molar-refractivity contribution >= 4 is 11.7 Å². The van der Waals surface area contributed by atoms with Crippen LogP contribution < -0.4 is 4.90 Å². The van der Waals surface area contributed by atoms with Crippen molar-refractivity contribution in [3.05, 3.63) is 23.5 Å². The number of carbonyl (C=O) groups is 1. The Bertz CT molecular complexity index is 364. The molecule has 1 rings (SSSR count). The van der Waals surface area contributed by atoms with Crippen LogP contribution in [0.2, 0.25) is 0 Å². The molecule has 0 saturated carbocycles. The summed E-state index contributed by atoms with van der Waals surface area (Å²) >= 11 is 0. The van der Waals surface area contributed by atoms with E-state index in [1.165, 1.54) is 7.11 Å². The summed E-state index contributed by atoms with van der Waals surface area (Å²) in [6.45, 7) is -0.203. The second-order valence-electron chi connectivity index (χ2n) is 3.25. The van der Waals surface area contributed by atoms with Crippen LogP contribution in [0.3, 0.4) is 0 Å². The number of methoxy groups -OCH3 is 1. The maximum atomic E-state index is 11.3. The molecule has 1 aromatic rings. The van der Waals surface area contributed by atoms with Crippen LogP contribution in [0.25, 0.3) is 0 Å². The SMILES string of the molecule is COC(=O)c1cc(N(C)C)cc(CO)n1. The van der Waals surface area contributed by atoms with E-state index < -0.39 is 5.97 Å². The third kappa shape index (κ3) is 2.66. The Balaban J connectivity index is 3.17. The predicted octanol–water partition coefficient (Wildman–Crippen LogP) is 0.426. The molecule has 0 aromatic carbocycles. The van der Waals surface area contributed by atoms with E-state index in [0.717, 1.165) is 5.69 Å². The molecule has 0 aliphatic rings. The molecule has 0 saturated heterocycles. The lowest BCUT2D eigenvalue weighted by Gasteiger charge is -2.14. The van der Waals surface area contributed by atoms with Crippen LogP contribution in [-0.2, 0) is 11.3 Å². The van der Waals surface area contributed by atoms with Gasteiger partial charge in [-0.15, -0.1) is 0 Å². The number of aromatic nitrogens is 1. The third-order valence-corrected chi connectivity index (χ3v) is 1.94. The first-order valence-electron chi connectivity index (χ1n) is 4.46. The molecule has 0 aliphatic carbocycles. The third-order valence-electron chi connectivity index (χ3n) is 1.94. The monoisotopic (exact) mass is 210 g/mol. The van der Waals surface area contributed by atoms with E-state index in [2.05, 4.69) is 9.72 Å². The maximum Gasteiger partial charge on any atom is 0.356 e. The van der Waals surface area contributed by atoms with Gasteiger partial charge in [0.25, 0.3) is 0 Å². The van der Waals surface area contributed by atoms with Gasteiger partial charge < -0.3 is 14.7 Å². The van der Waals surface area contributed by atoms with E-state index in [0.29, 0.717) is 5.69 Å². The fourth-order valence-electron chi connectivity index (χ4n) is 1.12. The molecule has 0 unspecified atom stereocenters. The van der Waals surface area contributed by atoms with Crippen molar-refractivity contribution in [3.8, 4) is 0 Å². The Labute approximate surface area is 88.3 Å². The predicted molar refractivity (Wildman–Crippen MR) is 55.8 cm³/mol. The summed E-state index contributed by atoms with van der Waals surface area (Å²) in [5.41, 5.74) is 1.45. The Morgan fingerprint density at radius 3 is 2.67 bits per heavy atom. The standard InChI is InChI=1S/C10H14N2O3/c1-12(2)8-4-7(6-13)11-9(5-8)10(14)15-3/h4-5,13H,6H2,1-3H3. The summed E-state index contributed by atoms with van der Waals surface area (Å²) in [7, 11) is 4.99. The second kappa shape index (κ2) is 4.75. The zero-order valence-electron chi connectivity index (χ0n) is 9.02. The molecule has 0 amide bonds. The van der Waals surface area contributed by atoms with Crippen molar-refractivity contribution in [1.29, 1.82) is 0 Å². The molecule has 0 atom stereocenters. The zero-order chi connectivity index (χ0) is 11.4. The summed E-state index contributed by atoms with van der Waals surface area (Å²) in [5.74, 6) is -0.506. The summed E-state index contributed by atoms with van der Waals surface area (Å²) in [5, 5.41) is 8.99. The van der Waals surface area contributed by atoms with Crippen LogP contribution in [0.5, 0.6) is 0 Å². The summed E-state index contributed by atoms with van der Waals surface area (Å²) in [6.07, 6.45) is 0. The van der Waals surface area contributed by atoms with Gasteiger partial charge >= 0.3 is 5.97 Å². The number of esters is 1. The lowest BCUT2D eigenvalue weighted by atomic mass is 10.2. The fourth-order valence-corrected chi connectivity index (χ4v) is 1.12. The van der Waals surface area contributed by atoms with Gasteiger partial charge in [-0.3, -0.25) is 0 Å². The molecule has 1 aromatic heterocycles. The number of nitrogens with zero attached hydrogens (tertiary/aromatic N) is 2. The van der Waals surface area contributed by atoms with Crippen LogP contribution in [0, 0.1) is 0 Å². The smallest absolute Gasteiger partial charge is 0.356 e. The Morgan fingerprint density at radius 2 is 2.20 bits per heavy atom. The summed E-state index contributed by atoms with van der Waals surface area (Å²) in [4.78, 5) is 17.1. The molecule has 1 heterocycles. The molecule has 0 spiro atoms. The van der Waals surface area contributed by atoms with Crippen LogP contribution in [-0.4, -0.2) is 37.3 Å². The first-order valence-corrected chi connectivity index (χ1v) is 4.46. The molecule has 5 nitrogen and oxygen atoms in total. The first kappa shape index (κ1) is 11.5. The number of carbonyl (C=O) groups excluding carboxylic acids is 1. The lowest BCUT2D eigenvalue weighted by molar-refractivity contribution is 0.0593. The van der Waals surface area contributed by atoms with E-state index in [1.54, 1.807) is 12.1 Å². The highest BCUT2D eigenvalue weighted by molar-refractivity contribution is 5.88. The largest absolute Gasteiger partial charge is 0.464 e. The van der Waals surface area contributed by atoms with Crippen LogP contribution in [0.1, 0.15) is 16.2 Å². The summed E-state index contributed by atoms with van der Waals surface area (Å²) < 4.78 is 4.57. The molecule has 1 N–H and O–H groups in total. The maximum absolute atomic E-state index is 11.3.